The lowest BCUT2D eigenvalue weighted by molar-refractivity contribution is 0.798. The Bertz CT molecular complexity index is 547. The number of benzene rings is 1. The first kappa shape index (κ1) is 12.8. The number of nitrogens with two attached hydrogens (primary N) is 1. The number of hydrogen-bond acceptors (Lipinski definition) is 2. The van der Waals surface area contributed by atoms with Crippen molar-refractivity contribution in [3.05, 3.63) is 64.5 Å². The Morgan fingerprint density at radius 1 is 1.17 bits per heavy atom. The van der Waals surface area contributed by atoms with Crippen LogP contribution in [-0.4, -0.2) is 4.98 Å². The number of aryl methyl sites for hydroxylation is 2. The van der Waals surface area contributed by atoms with Gasteiger partial charge >= 0.3 is 0 Å². The lowest BCUT2D eigenvalue weighted by Crippen LogP contribution is -2.17. The fraction of sp³-hybridized carbons (Fsp3) is 0.312. The molecule has 0 bridgehead atoms. The fourth-order valence-electron chi connectivity index (χ4n) is 2.29. The monoisotopic (exact) mass is 240 g/mol. The molecule has 0 spiro atoms. The van der Waals surface area contributed by atoms with Gasteiger partial charge in [-0.3, -0.25) is 4.98 Å². The van der Waals surface area contributed by atoms with Crippen LogP contribution in [0, 0.1) is 13.8 Å². The van der Waals surface area contributed by atoms with Crippen molar-refractivity contribution >= 4 is 0 Å². The summed E-state index contributed by atoms with van der Waals surface area (Å²) in [4.78, 5) is 4.47. The highest BCUT2D eigenvalue weighted by Crippen LogP contribution is 2.25. The van der Waals surface area contributed by atoms with Gasteiger partial charge in [-0.1, -0.05) is 31.2 Å². The van der Waals surface area contributed by atoms with E-state index in [0.29, 0.717) is 0 Å². The largest absolute Gasteiger partial charge is 0.319 e. The Morgan fingerprint density at radius 3 is 2.67 bits per heavy atom. The second-order valence-electron chi connectivity index (χ2n) is 4.67. The van der Waals surface area contributed by atoms with Crippen molar-refractivity contribution in [1.29, 1.82) is 0 Å². The Kier molecular flexibility index (Phi) is 3.78. The third-order valence-electron chi connectivity index (χ3n) is 3.58. The summed E-state index contributed by atoms with van der Waals surface area (Å²) < 4.78 is 0. The van der Waals surface area contributed by atoms with Gasteiger partial charge in [-0.2, -0.15) is 0 Å². The van der Waals surface area contributed by atoms with Crippen LogP contribution < -0.4 is 5.73 Å². The van der Waals surface area contributed by atoms with Gasteiger partial charge in [-0.05, 0) is 48.6 Å². The summed E-state index contributed by atoms with van der Waals surface area (Å²) in [6, 6.07) is 10.2. The third kappa shape index (κ3) is 2.29. The first-order chi connectivity index (χ1) is 8.65. The molecule has 1 heterocycles. The first-order valence-corrected chi connectivity index (χ1v) is 6.40. The molecule has 0 saturated carbocycles. The summed E-state index contributed by atoms with van der Waals surface area (Å²) >= 11 is 0. The number of rotatable bonds is 3. The highest BCUT2D eigenvalue weighted by atomic mass is 14.8. The van der Waals surface area contributed by atoms with Crippen molar-refractivity contribution in [3.63, 3.8) is 0 Å². The van der Waals surface area contributed by atoms with Crippen LogP contribution in [0.5, 0.6) is 0 Å². The van der Waals surface area contributed by atoms with Gasteiger partial charge in [-0.15, -0.1) is 0 Å². The lowest BCUT2D eigenvalue weighted by Gasteiger charge is -2.18. The summed E-state index contributed by atoms with van der Waals surface area (Å²) in [6.07, 6.45) is 2.78. The van der Waals surface area contributed by atoms with Crippen molar-refractivity contribution in [1.82, 2.24) is 4.98 Å². The quantitative estimate of drug-likeness (QED) is 0.894. The topological polar surface area (TPSA) is 38.9 Å². The molecular weight excluding hydrogens is 220 g/mol. The van der Waals surface area contributed by atoms with Gasteiger partial charge in [0.05, 0.1) is 11.7 Å². The molecule has 2 rings (SSSR count). The van der Waals surface area contributed by atoms with Gasteiger partial charge in [-0.25, -0.2) is 0 Å². The van der Waals surface area contributed by atoms with Crippen molar-refractivity contribution in [2.75, 3.05) is 0 Å². The van der Waals surface area contributed by atoms with Gasteiger partial charge < -0.3 is 5.73 Å². The molecule has 1 atom stereocenters. The highest BCUT2D eigenvalue weighted by molar-refractivity contribution is 5.40. The van der Waals surface area contributed by atoms with Crippen LogP contribution in [0.3, 0.4) is 0 Å². The van der Waals surface area contributed by atoms with Gasteiger partial charge in [0, 0.05) is 6.20 Å². The molecule has 1 unspecified atom stereocenters. The maximum Gasteiger partial charge on any atom is 0.0731 e. The maximum atomic E-state index is 6.40. The molecule has 0 radical (unpaired) electrons. The molecular formula is C16H20N2. The van der Waals surface area contributed by atoms with Gasteiger partial charge in [0.15, 0.2) is 0 Å². The number of pyridine rings is 1. The standard InChI is InChI=1S/C16H20N2/c1-4-13-8-6-10-18-16(13)15(17)14-9-5-7-11(2)12(14)3/h5-10,15H,4,17H2,1-3H3. The molecule has 2 heteroatoms. The number of nitrogens with zero attached hydrogens (tertiary/aromatic N) is 1. The molecule has 0 fully saturated rings. The number of aromatic nitrogens is 1. The summed E-state index contributed by atoms with van der Waals surface area (Å²) in [6.45, 7) is 6.38. The highest BCUT2D eigenvalue weighted by Gasteiger charge is 2.16. The van der Waals surface area contributed by atoms with Crippen LogP contribution in [0.2, 0.25) is 0 Å². The first-order valence-electron chi connectivity index (χ1n) is 6.40. The van der Waals surface area contributed by atoms with E-state index in [-0.39, 0.29) is 6.04 Å². The van der Waals surface area contributed by atoms with Gasteiger partial charge in [0.25, 0.3) is 0 Å². The molecule has 0 saturated heterocycles. The summed E-state index contributed by atoms with van der Waals surface area (Å²) in [5.74, 6) is 0. The lowest BCUT2D eigenvalue weighted by atomic mass is 9.93. The fourth-order valence-corrected chi connectivity index (χ4v) is 2.29. The molecule has 18 heavy (non-hydrogen) atoms. The minimum Gasteiger partial charge on any atom is -0.319 e. The average Bonchev–Trinajstić information content (AvgIpc) is 2.41. The minimum absolute atomic E-state index is 0.138. The molecule has 1 aromatic heterocycles. The zero-order chi connectivity index (χ0) is 13.1. The van der Waals surface area contributed by atoms with Crippen molar-refractivity contribution in [2.24, 2.45) is 5.73 Å². The van der Waals surface area contributed by atoms with Crippen LogP contribution in [0.4, 0.5) is 0 Å². The zero-order valence-corrected chi connectivity index (χ0v) is 11.3. The maximum absolute atomic E-state index is 6.40. The molecule has 2 aromatic rings. The predicted molar refractivity (Wildman–Crippen MR) is 75.6 cm³/mol. The van der Waals surface area contributed by atoms with Crippen LogP contribution >= 0.6 is 0 Å². The second-order valence-corrected chi connectivity index (χ2v) is 4.67. The van der Waals surface area contributed by atoms with E-state index in [2.05, 4.69) is 50.0 Å². The predicted octanol–water partition coefficient (Wildman–Crippen LogP) is 3.31. The SMILES string of the molecule is CCc1cccnc1C(N)c1cccc(C)c1C. The van der Waals surface area contributed by atoms with Crippen LogP contribution in [0.15, 0.2) is 36.5 Å². The average molecular weight is 240 g/mol. The molecule has 94 valence electrons. The molecule has 0 aliphatic carbocycles. The van der Waals surface area contributed by atoms with E-state index in [1.807, 2.05) is 12.3 Å². The van der Waals surface area contributed by atoms with E-state index in [0.717, 1.165) is 12.1 Å². The minimum atomic E-state index is -0.138. The van der Waals surface area contributed by atoms with Crippen LogP contribution in [0.1, 0.15) is 40.9 Å². The molecule has 2 nitrogen and oxygen atoms in total. The van der Waals surface area contributed by atoms with E-state index in [4.69, 9.17) is 5.73 Å². The Hall–Kier alpha value is -1.67. The third-order valence-corrected chi connectivity index (χ3v) is 3.58. The summed E-state index contributed by atoms with van der Waals surface area (Å²) in [5, 5.41) is 0. The molecule has 0 aliphatic rings. The Balaban J connectivity index is 2.48. The summed E-state index contributed by atoms with van der Waals surface area (Å²) in [5.41, 5.74) is 12.3. The normalized spacial score (nSPS) is 12.4. The van der Waals surface area contributed by atoms with Crippen molar-refractivity contribution in [3.8, 4) is 0 Å². The summed E-state index contributed by atoms with van der Waals surface area (Å²) in [7, 11) is 0. The molecule has 1 aromatic carbocycles. The zero-order valence-electron chi connectivity index (χ0n) is 11.3. The molecule has 0 aliphatic heterocycles. The second kappa shape index (κ2) is 5.32. The Labute approximate surface area is 109 Å². The van der Waals surface area contributed by atoms with Gasteiger partial charge in [0.1, 0.15) is 0 Å². The van der Waals surface area contributed by atoms with E-state index in [1.54, 1.807) is 0 Å². The van der Waals surface area contributed by atoms with E-state index in [1.165, 1.54) is 22.3 Å². The van der Waals surface area contributed by atoms with Crippen molar-refractivity contribution in [2.45, 2.75) is 33.2 Å². The molecule has 2 N–H and O–H groups in total. The van der Waals surface area contributed by atoms with Crippen LogP contribution in [0.25, 0.3) is 0 Å². The van der Waals surface area contributed by atoms with E-state index >= 15 is 0 Å². The molecule has 0 amide bonds. The van der Waals surface area contributed by atoms with Crippen LogP contribution in [-0.2, 0) is 6.42 Å². The van der Waals surface area contributed by atoms with E-state index in [9.17, 15) is 0 Å². The van der Waals surface area contributed by atoms with E-state index < -0.39 is 0 Å². The Morgan fingerprint density at radius 2 is 1.94 bits per heavy atom. The van der Waals surface area contributed by atoms with Crippen molar-refractivity contribution < 1.29 is 0 Å². The van der Waals surface area contributed by atoms with Gasteiger partial charge in [0.2, 0.25) is 0 Å². The smallest absolute Gasteiger partial charge is 0.0731 e. The number of hydrogen-bond donors (Lipinski definition) is 1.